The summed E-state index contributed by atoms with van der Waals surface area (Å²) in [6, 6.07) is 10.0. The van der Waals surface area contributed by atoms with Crippen LogP contribution in [0.3, 0.4) is 0 Å². The second kappa shape index (κ2) is 6.69. The van der Waals surface area contributed by atoms with Crippen molar-refractivity contribution in [2.75, 3.05) is 49.1 Å². The molecule has 2 fully saturated rings. The third-order valence-electron chi connectivity index (χ3n) is 5.15. The van der Waals surface area contributed by atoms with Crippen molar-refractivity contribution < 1.29 is 0 Å². The Bertz CT molecular complexity index is 438. The molecule has 3 rings (SSSR count). The maximum atomic E-state index is 2.70. The van der Waals surface area contributed by atoms with Gasteiger partial charge in [-0.05, 0) is 63.9 Å². The third-order valence-corrected chi connectivity index (χ3v) is 5.15. The first-order valence-corrected chi connectivity index (χ1v) is 8.65. The van der Waals surface area contributed by atoms with Gasteiger partial charge in [-0.15, -0.1) is 0 Å². The van der Waals surface area contributed by atoms with Gasteiger partial charge in [-0.2, -0.15) is 0 Å². The lowest BCUT2D eigenvalue weighted by molar-refractivity contribution is 0.273. The maximum absolute atomic E-state index is 2.70. The minimum absolute atomic E-state index is 0.787. The molecule has 1 aromatic rings. The smallest absolute Gasteiger partial charge is 0.0368 e. The molecule has 0 aliphatic carbocycles. The van der Waals surface area contributed by atoms with Crippen LogP contribution in [0.15, 0.2) is 24.3 Å². The van der Waals surface area contributed by atoms with E-state index in [0.29, 0.717) is 0 Å². The van der Waals surface area contributed by atoms with Crippen molar-refractivity contribution in [1.29, 1.82) is 0 Å². The fourth-order valence-electron chi connectivity index (χ4n) is 3.90. The summed E-state index contributed by atoms with van der Waals surface area (Å²) in [5.41, 5.74) is 2.75. The van der Waals surface area contributed by atoms with Gasteiger partial charge in [-0.25, -0.2) is 0 Å². The average molecular weight is 287 g/mol. The topological polar surface area (TPSA) is 9.72 Å². The lowest BCUT2D eigenvalue weighted by Gasteiger charge is -2.28. The van der Waals surface area contributed by atoms with E-state index >= 15 is 0 Å². The SMILES string of the molecule is CCN(CC)c1ccc(N2CCCN3CCCC3C2)cc1. The van der Waals surface area contributed by atoms with E-state index < -0.39 is 0 Å². The zero-order valence-corrected chi connectivity index (χ0v) is 13.6. The molecule has 0 bridgehead atoms. The van der Waals surface area contributed by atoms with E-state index in [1.54, 1.807) is 0 Å². The van der Waals surface area contributed by atoms with Crippen LogP contribution >= 0.6 is 0 Å². The van der Waals surface area contributed by atoms with Crippen molar-refractivity contribution in [3.63, 3.8) is 0 Å². The molecule has 1 atom stereocenters. The Kier molecular flexibility index (Phi) is 4.69. The number of anilines is 2. The van der Waals surface area contributed by atoms with Gasteiger partial charge in [0.1, 0.15) is 0 Å². The molecule has 0 N–H and O–H groups in total. The molecule has 2 heterocycles. The predicted molar refractivity (Wildman–Crippen MR) is 91.4 cm³/mol. The van der Waals surface area contributed by atoms with Crippen LogP contribution in [0.1, 0.15) is 33.1 Å². The van der Waals surface area contributed by atoms with Crippen LogP contribution in [-0.2, 0) is 0 Å². The molecule has 0 spiro atoms. The molecule has 2 saturated heterocycles. The first-order valence-electron chi connectivity index (χ1n) is 8.65. The van der Waals surface area contributed by atoms with Crippen molar-refractivity contribution in [2.24, 2.45) is 0 Å². The van der Waals surface area contributed by atoms with Crippen LogP contribution in [0, 0.1) is 0 Å². The fourth-order valence-corrected chi connectivity index (χ4v) is 3.90. The fraction of sp³-hybridized carbons (Fsp3) is 0.667. The van der Waals surface area contributed by atoms with Crippen molar-refractivity contribution >= 4 is 11.4 Å². The Balaban J connectivity index is 1.71. The van der Waals surface area contributed by atoms with E-state index in [1.807, 2.05) is 0 Å². The lowest BCUT2D eigenvalue weighted by atomic mass is 10.2. The van der Waals surface area contributed by atoms with Gasteiger partial charge in [0.2, 0.25) is 0 Å². The standard InChI is InChI=1S/C18H29N3/c1-3-19(4-2)16-8-10-17(11-9-16)21-14-6-13-20-12-5-7-18(20)15-21/h8-11,18H,3-7,12-15H2,1-2H3. The first kappa shape index (κ1) is 14.7. The van der Waals surface area contributed by atoms with E-state index in [4.69, 9.17) is 0 Å². The summed E-state index contributed by atoms with van der Waals surface area (Å²) in [5, 5.41) is 0. The van der Waals surface area contributed by atoms with E-state index in [2.05, 4.69) is 52.8 Å². The zero-order chi connectivity index (χ0) is 14.7. The van der Waals surface area contributed by atoms with Crippen LogP contribution in [0.25, 0.3) is 0 Å². The molecule has 3 heteroatoms. The van der Waals surface area contributed by atoms with Crippen LogP contribution in [0.5, 0.6) is 0 Å². The summed E-state index contributed by atoms with van der Waals surface area (Å²) in [5.74, 6) is 0. The Morgan fingerprint density at radius 3 is 2.43 bits per heavy atom. The molecule has 0 amide bonds. The van der Waals surface area contributed by atoms with E-state index in [9.17, 15) is 0 Å². The third kappa shape index (κ3) is 3.18. The number of fused-ring (bicyclic) bond motifs is 1. The maximum Gasteiger partial charge on any atom is 0.0368 e. The summed E-state index contributed by atoms with van der Waals surface area (Å²) < 4.78 is 0. The number of hydrogen-bond donors (Lipinski definition) is 0. The summed E-state index contributed by atoms with van der Waals surface area (Å²) >= 11 is 0. The van der Waals surface area contributed by atoms with Crippen molar-refractivity contribution in [1.82, 2.24) is 4.90 Å². The van der Waals surface area contributed by atoms with Gasteiger partial charge in [0.25, 0.3) is 0 Å². The van der Waals surface area contributed by atoms with Gasteiger partial charge in [0.05, 0.1) is 0 Å². The number of rotatable bonds is 4. The molecule has 21 heavy (non-hydrogen) atoms. The van der Waals surface area contributed by atoms with Crippen LogP contribution in [0.4, 0.5) is 11.4 Å². The van der Waals surface area contributed by atoms with Gasteiger partial charge in [-0.3, -0.25) is 4.90 Å². The van der Waals surface area contributed by atoms with Gasteiger partial charge in [0.15, 0.2) is 0 Å². The van der Waals surface area contributed by atoms with Crippen LogP contribution in [0.2, 0.25) is 0 Å². The highest BCUT2D eigenvalue weighted by Crippen LogP contribution is 2.26. The monoisotopic (exact) mass is 287 g/mol. The van der Waals surface area contributed by atoms with E-state index in [1.165, 1.54) is 56.8 Å². The summed E-state index contributed by atoms with van der Waals surface area (Å²) in [6.45, 7) is 11.6. The van der Waals surface area contributed by atoms with Crippen molar-refractivity contribution in [3.05, 3.63) is 24.3 Å². The van der Waals surface area contributed by atoms with Crippen molar-refractivity contribution in [2.45, 2.75) is 39.2 Å². The second-order valence-corrected chi connectivity index (χ2v) is 6.32. The second-order valence-electron chi connectivity index (χ2n) is 6.32. The molecule has 0 aromatic heterocycles. The molecule has 3 nitrogen and oxygen atoms in total. The zero-order valence-electron chi connectivity index (χ0n) is 13.6. The number of hydrogen-bond acceptors (Lipinski definition) is 3. The first-order chi connectivity index (χ1) is 10.3. The number of nitrogens with zero attached hydrogens (tertiary/aromatic N) is 3. The molecule has 2 aliphatic heterocycles. The average Bonchev–Trinajstić information content (AvgIpc) is 2.86. The molecule has 1 unspecified atom stereocenters. The van der Waals surface area contributed by atoms with Gasteiger partial charge >= 0.3 is 0 Å². The molecule has 0 radical (unpaired) electrons. The highest BCUT2D eigenvalue weighted by atomic mass is 15.3. The minimum Gasteiger partial charge on any atom is -0.372 e. The molecule has 0 saturated carbocycles. The number of benzene rings is 1. The van der Waals surface area contributed by atoms with Crippen LogP contribution in [-0.4, -0.2) is 50.2 Å². The molecule has 1 aromatic carbocycles. The van der Waals surface area contributed by atoms with Gasteiger partial charge in [0, 0.05) is 50.1 Å². The van der Waals surface area contributed by atoms with Gasteiger partial charge in [-0.1, -0.05) is 0 Å². The Labute approximate surface area is 129 Å². The highest BCUT2D eigenvalue weighted by molar-refractivity contribution is 5.56. The normalized spacial score (nSPS) is 23.0. The van der Waals surface area contributed by atoms with Gasteiger partial charge < -0.3 is 9.80 Å². The Morgan fingerprint density at radius 1 is 1.00 bits per heavy atom. The summed E-state index contributed by atoms with van der Waals surface area (Å²) in [4.78, 5) is 7.71. The highest BCUT2D eigenvalue weighted by Gasteiger charge is 2.28. The minimum atomic E-state index is 0.787. The quantitative estimate of drug-likeness (QED) is 0.842. The molecule has 2 aliphatic rings. The molecular formula is C18H29N3. The predicted octanol–water partition coefficient (Wildman–Crippen LogP) is 3.21. The Hall–Kier alpha value is -1.22. The lowest BCUT2D eigenvalue weighted by Crippen LogP contribution is -2.36. The molecular weight excluding hydrogens is 258 g/mol. The summed E-state index contributed by atoms with van der Waals surface area (Å²) in [7, 11) is 0. The van der Waals surface area contributed by atoms with Crippen LogP contribution < -0.4 is 9.80 Å². The van der Waals surface area contributed by atoms with Crippen molar-refractivity contribution in [3.8, 4) is 0 Å². The van der Waals surface area contributed by atoms with E-state index in [-0.39, 0.29) is 0 Å². The van der Waals surface area contributed by atoms with E-state index in [0.717, 1.165) is 19.1 Å². The largest absolute Gasteiger partial charge is 0.372 e. The summed E-state index contributed by atoms with van der Waals surface area (Å²) in [6.07, 6.45) is 4.07. The Morgan fingerprint density at radius 2 is 1.71 bits per heavy atom. The molecule has 116 valence electrons.